The average Bonchev–Trinajstić information content (AvgIpc) is 2.35. The minimum Gasteiger partial charge on any atom is -0.370 e. The molecule has 2 aromatic rings. The van der Waals surface area contributed by atoms with Crippen LogP contribution in [0.2, 0.25) is 0 Å². The first kappa shape index (κ1) is 11.5. The quantitative estimate of drug-likeness (QED) is 0.762. The van der Waals surface area contributed by atoms with Gasteiger partial charge in [-0.25, -0.2) is 0 Å². The third kappa shape index (κ3) is 2.22. The van der Waals surface area contributed by atoms with Crippen molar-refractivity contribution in [1.82, 2.24) is 0 Å². The van der Waals surface area contributed by atoms with Crippen LogP contribution in [0, 0.1) is 0 Å². The van der Waals surface area contributed by atoms with E-state index < -0.39 is 0 Å². The van der Waals surface area contributed by atoms with Gasteiger partial charge in [-0.05, 0) is 18.4 Å². The Kier molecular flexibility index (Phi) is 3.83. The maximum Gasteiger partial charge on any atom is 0.0446 e. The molecule has 84 valence electrons. The lowest BCUT2D eigenvalue weighted by molar-refractivity contribution is 0.880. The molecule has 16 heavy (non-hydrogen) atoms. The van der Waals surface area contributed by atoms with Crippen LogP contribution in [0.15, 0.2) is 42.5 Å². The lowest BCUT2D eigenvalue weighted by Gasteiger charge is -2.23. The van der Waals surface area contributed by atoms with E-state index in [9.17, 15) is 0 Å². The second kappa shape index (κ2) is 5.35. The molecule has 0 amide bonds. The molecule has 0 saturated carbocycles. The zero-order chi connectivity index (χ0) is 11.4. The summed E-state index contributed by atoms with van der Waals surface area (Å²) in [5.41, 5.74) is 1.33. The average molecular weight is 278 g/mol. The van der Waals surface area contributed by atoms with Crippen molar-refractivity contribution < 1.29 is 0 Å². The summed E-state index contributed by atoms with van der Waals surface area (Å²) in [5, 5.41) is 3.66. The molecule has 2 rings (SSSR count). The van der Waals surface area contributed by atoms with Crippen molar-refractivity contribution in [2.75, 3.05) is 23.3 Å². The van der Waals surface area contributed by atoms with Gasteiger partial charge in [-0.15, -0.1) is 0 Å². The normalized spacial score (nSPS) is 10.6. The molecule has 0 atom stereocenters. The van der Waals surface area contributed by atoms with Gasteiger partial charge in [0.1, 0.15) is 0 Å². The number of benzene rings is 2. The zero-order valence-corrected chi connectivity index (χ0v) is 11.1. The van der Waals surface area contributed by atoms with Gasteiger partial charge in [0.2, 0.25) is 0 Å². The van der Waals surface area contributed by atoms with Gasteiger partial charge in [0.25, 0.3) is 0 Å². The molecule has 0 saturated heterocycles. The number of anilines is 1. The van der Waals surface area contributed by atoms with Crippen LogP contribution in [-0.2, 0) is 0 Å². The second-order valence-electron chi connectivity index (χ2n) is 3.77. The van der Waals surface area contributed by atoms with Crippen LogP contribution in [0.3, 0.4) is 0 Å². The fourth-order valence-corrected chi connectivity index (χ4v) is 2.46. The van der Waals surface area contributed by atoms with Crippen LogP contribution in [0.25, 0.3) is 10.8 Å². The number of halogens is 1. The van der Waals surface area contributed by atoms with Gasteiger partial charge < -0.3 is 4.90 Å². The summed E-state index contributed by atoms with van der Waals surface area (Å²) in [7, 11) is 0. The summed E-state index contributed by atoms with van der Waals surface area (Å²) < 4.78 is 0. The van der Waals surface area contributed by atoms with E-state index in [-0.39, 0.29) is 0 Å². The number of hydrogen-bond acceptors (Lipinski definition) is 1. The van der Waals surface area contributed by atoms with E-state index in [2.05, 4.69) is 70.2 Å². The highest BCUT2D eigenvalue weighted by Gasteiger charge is 2.06. The molecule has 0 fully saturated rings. The minimum absolute atomic E-state index is 1.00. The lowest BCUT2D eigenvalue weighted by atomic mass is 10.1. The van der Waals surface area contributed by atoms with E-state index >= 15 is 0 Å². The monoisotopic (exact) mass is 277 g/mol. The molecule has 0 aliphatic rings. The van der Waals surface area contributed by atoms with E-state index in [0.717, 1.165) is 18.4 Å². The van der Waals surface area contributed by atoms with Crippen molar-refractivity contribution in [3.8, 4) is 0 Å². The lowest BCUT2D eigenvalue weighted by Crippen LogP contribution is -2.24. The molecule has 0 radical (unpaired) electrons. The standard InChI is InChI=1S/C14H16BrN/c1-2-16(11-10-15)14-9-5-7-12-6-3-4-8-13(12)14/h3-9H,2,10-11H2,1H3. The number of rotatable bonds is 4. The van der Waals surface area contributed by atoms with E-state index in [4.69, 9.17) is 0 Å². The van der Waals surface area contributed by atoms with E-state index in [1.807, 2.05) is 0 Å². The van der Waals surface area contributed by atoms with Gasteiger partial charge in [0, 0.05) is 29.5 Å². The van der Waals surface area contributed by atoms with E-state index in [1.165, 1.54) is 16.5 Å². The molecule has 0 aromatic heterocycles. The molecule has 0 bridgehead atoms. The molecular formula is C14H16BrN. The minimum atomic E-state index is 1.00. The Morgan fingerprint density at radius 2 is 1.81 bits per heavy atom. The third-order valence-corrected chi connectivity index (χ3v) is 3.20. The topological polar surface area (TPSA) is 3.24 Å². The maximum atomic E-state index is 3.51. The molecule has 0 heterocycles. The summed E-state index contributed by atoms with van der Waals surface area (Å²) in [4.78, 5) is 2.40. The van der Waals surface area contributed by atoms with Crippen molar-refractivity contribution in [3.63, 3.8) is 0 Å². The third-order valence-electron chi connectivity index (χ3n) is 2.84. The van der Waals surface area contributed by atoms with Crippen LogP contribution in [-0.4, -0.2) is 18.4 Å². The smallest absolute Gasteiger partial charge is 0.0446 e. The fraction of sp³-hybridized carbons (Fsp3) is 0.286. The Bertz CT molecular complexity index is 462. The van der Waals surface area contributed by atoms with Crippen LogP contribution in [0.1, 0.15) is 6.92 Å². The van der Waals surface area contributed by atoms with Crippen molar-refractivity contribution in [2.24, 2.45) is 0 Å². The Morgan fingerprint density at radius 1 is 1.06 bits per heavy atom. The molecule has 0 unspecified atom stereocenters. The molecule has 1 nitrogen and oxygen atoms in total. The summed E-state index contributed by atoms with van der Waals surface area (Å²) in [6.45, 7) is 4.29. The molecule has 0 N–H and O–H groups in total. The van der Waals surface area contributed by atoms with Gasteiger partial charge in [-0.3, -0.25) is 0 Å². The predicted molar refractivity (Wildman–Crippen MR) is 75.6 cm³/mol. The van der Waals surface area contributed by atoms with E-state index in [1.54, 1.807) is 0 Å². The van der Waals surface area contributed by atoms with E-state index in [0.29, 0.717) is 0 Å². The highest BCUT2D eigenvalue weighted by molar-refractivity contribution is 9.09. The van der Waals surface area contributed by atoms with Crippen LogP contribution in [0.5, 0.6) is 0 Å². The molecule has 2 heteroatoms. The van der Waals surface area contributed by atoms with Crippen LogP contribution in [0.4, 0.5) is 5.69 Å². The maximum absolute atomic E-state index is 3.51. The van der Waals surface area contributed by atoms with Gasteiger partial charge in [0.05, 0.1) is 0 Å². The molecule has 0 spiro atoms. The van der Waals surface area contributed by atoms with Crippen LogP contribution >= 0.6 is 15.9 Å². The van der Waals surface area contributed by atoms with Gasteiger partial charge >= 0.3 is 0 Å². The van der Waals surface area contributed by atoms with Gasteiger partial charge in [-0.1, -0.05) is 52.3 Å². The molecule has 2 aromatic carbocycles. The number of fused-ring (bicyclic) bond motifs is 1. The Balaban J connectivity index is 2.50. The van der Waals surface area contributed by atoms with Gasteiger partial charge in [0.15, 0.2) is 0 Å². The largest absolute Gasteiger partial charge is 0.370 e. The Hall–Kier alpha value is -1.02. The Morgan fingerprint density at radius 3 is 2.56 bits per heavy atom. The van der Waals surface area contributed by atoms with Crippen molar-refractivity contribution in [3.05, 3.63) is 42.5 Å². The summed E-state index contributed by atoms with van der Waals surface area (Å²) >= 11 is 3.51. The molecule has 0 aliphatic heterocycles. The fourth-order valence-electron chi connectivity index (χ4n) is 2.03. The van der Waals surface area contributed by atoms with Crippen molar-refractivity contribution in [2.45, 2.75) is 6.92 Å². The molecule has 0 aliphatic carbocycles. The summed E-state index contributed by atoms with van der Waals surface area (Å²) in [5.74, 6) is 0. The number of alkyl halides is 1. The second-order valence-corrected chi connectivity index (χ2v) is 4.56. The molecular weight excluding hydrogens is 262 g/mol. The SMILES string of the molecule is CCN(CCBr)c1cccc2ccccc12. The zero-order valence-electron chi connectivity index (χ0n) is 9.49. The first-order chi connectivity index (χ1) is 7.86. The first-order valence-corrected chi connectivity index (χ1v) is 6.77. The highest BCUT2D eigenvalue weighted by atomic mass is 79.9. The first-order valence-electron chi connectivity index (χ1n) is 5.65. The van der Waals surface area contributed by atoms with Crippen molar-refractivity contribution in [1.29, 1.82) is 0 Å². The summed E-state index contributed by atoms with van der Waals surface area (Å²) in [6.07, 6.45) is 0. The Labute approximate surface area is 105 Å². The number of hydrogen-bond donors (Lipinski definition) is 0. The van der Waals surface area contributed by atoms with Crippen molar-refractivity contribution >= 4 is 32.4 Å². The van der Waals surface area contributed by atoms with Gasteiger partial charge in [-0.2, -0.15) is 0 Å². The predicted octanol–water partition coefficient (Wildman–Crippen LogP) is 4.06. The summed E-state index contributed by atoms with van der Waals surface area (Å²) in [6, 6.07) is 15.1. The number of nitrogens with zero attached hydrogens (tertiary/aromatic N) is 1. The highest BCUT2D eigenvalue weighted by Crippen LogP contribution is 2.26. The van der Waals surface area contributed by atoms with Crippen LogP contribution < -0.4 is 4.90 Å².